The lowest BCUT2D eigenvalue weighted by molar-refractivity contribution is 0.389. The van der Waals surface area contributed by atoms with E-state index in [0.717, 1.165) is 11.3 Å². The van der Waals surface area contributed by atoms with Gasteiger partial charge in [0.1, 0.15) is 0 Å². The third-order valence-electron chi connectivity index (χ3n) is 2.50. The highest BCUT2D eigenvalue weighted by atomic mass is 32.2. The minimum Gasteiger partial charge on any atom is -0.493 e. The summed E-state index contributed by atoms with van der Waals surface area (Å²) in [5, 5.41) is 14.0. The Hall–Kier alpha value is -1.08. The predicted molar refractivity (Wildman–Crippen MR) is 63.8 cm³/mol. The second-order valence-electron chi connectivity index (χ2n) is 4.34. The molecule has 0 amide bonds. The highest BCUT2D eigenvalue weighted by Gasteiger charge is 2.17. The molecule has 0 bridgehead atoms. The summed E-state index contributed by atoms with van der Waals surface area (Å²) in [4.78, 5) is 0. The van der Waals surface area contributed by atoms with Crippen molar-refractivity contribution in [3.8, 4) is 5.88 Å². The Morgan fingerprint density at radius 3 is 2.41 bits per heavy atom. The first-order valence-corrected chi connectivity index (χ1v) is 7.04. The maximum atomic E-state index is 10.6. The van der Waals surface area contributed by atoms with Gasteiger partial charge >= 0.3 is 0 Å². The van der Waals surface area contributed by atoms with Crippen molar-refractivity contribution in [1.29, 1.82) is 0 Å². The normalized spacial score (nSPS) is 12.3. The van der Waals surface area contributed by atoms with Crippen LogP contribution in [0.25, 0.3) is 0 Å². The van der Waals surface area contributed by atoms with E-state index in [-0.39, 0.29) is 30.5 Å². The largest absolute Gasteiger partial charge is 0.493 e. The smallest absolute Gasteiger partial charge is 0.264 e. The Morgan fingerprint density at radius 1 is 1.41 bits per heavy atom. The van der Waals surface area contributed by atoms with E-state index in [1.54, 1.807) is 6.92 Å². The second kappa shape index (κ2) is 5.05. The van der Waals surface area contributed by atoms with Gasteiger partial charge < -0.3 is 5.11 Å². The van der Waals surface area contributed by atoms with Crippen LogP contribution < -0.4 is 0 Å². The van der Waals surface area contributed by atoms with Gasteiger partial charge in [0.25, 0.3) is 10.1 Å². The zero-order chi connectivity index (χ0) is 13.2. The number of aryl methyl sites for hydroxylation is 2. The Kier molecular flexibility index (Phi) is 4.16. The predicted octanol–water partition coefficient (Wildman–Crippen LogP) is 1.30. The lowest BCUT2D eigenvalue weighted by Crippen LogP contribution is -2.08. The molecule has 2 N–H and O–H groups in total. The van der Waals surface area contributed by atoms with Gasteiger partial charge in [0.15, 0.2) is 0 Å². The molecule has 6 nitrogen and oxygen atoms in total. The fourth-order valence-electron chi connectivity index (χ4n) is 1.81. The fourth-order valence-corrected chi connectivity index (χ4v) is 2.31. The average molecular weight is 262 g/mol. The van der Waals surface area contributed by atoms with E-state index < -0.39 is 10.1 Å². The summed E-state index contributed by atoms with van der Waals surface area (Å²) in [7, 11) is -3.95. The van der Waals surface area contributed by atoms with E-state index in [0.29, 0.717) is 0 Å². The lowest BCUT2D eigenvalue weighted by Gasteiger charge is -2.05. The number of nitrogens with zero attached hydrogens (tertiary/aromatic N) is 2. The second-order valence-corrected chi connectivity index (χ2v) is 5.91. The molecule has 17 heavy (non-hydrogen) atoms. The lowest BCUT2D eigenvalue weighted by atomic mass is 10.0. The van der Waals surface area contributed by atoms with Gasteiger partial charge in [0.2, 0.25) is 5.88 Å². The molecular formula is C10H18N2O4S. The van der Waals surface area contributed by atoms with E-state index in [1.165, 1.54) is 4.68 Å². The molecule has 0 atom stereocenters. The number of aromatic nitrogens is 2. The Labute approximate surface area is 101 Å². The molecule has 0 aliphatic carbocycles. The molecule has 0 aliphatic rings. The number of aromatic hydroxyl groups is 1. The van der Waals surface area contributed by atoms with Crippen molar-refractivity contribution >= 4 is 10.1 Å². The molecule has 0 saturated heterocycles. The molecule has 0 aromatic carbocycles. The highest BCUT2D eigenvalue weighted by molar-refractivity contribution is 7.85. The molecule has 98 valence electrons. The van der Waals surface area contributed by atoms with Crippen LogP contribution in [0.1, 0.15) is 37.4 Å². The van der Waals surface area contributed by atoms with Crippen LogP contribution in [0.3, 0.4) is 0 Å². The average Bonchev–Trinajstić information content (AvgIpc) is 2.39. The molecule has 0 saturated carbocycles. The Balaban J connectivity index is 2.77. The van der Waals surface area contributed by atoms with Crippen LogP contribution in [-0.2, 0) is 16.7 Å². The van der Waals surface area contributed by atoms with E-state index in [4.69, 9.17) is 4.55 Å². The maximum absolute atomic E-state index is 10.6. The molecule has 0 spiro atoms. The van der Waals surface area contributed by atoms with Crippen LogP contribution in [-0.4, -0.2) is 33.6 Å². The molecule has 1 aromatic heterocycles. The monoisotopic (exact) mass is 262 g/mol. The summed E-state index contributed by atoms with van der Waals surface area (Å²) in [6, 6.07) is 0. The molecule has 0 radical (unpaired) electrons. The van der Waals surface area contributed by atoms with Gasteiger partial charge in [0.05, 0.1) is 11.4 Å². The minimum absolute atomic E-state index is 0.0767. The molecule has 1 rings (SSSR count). The van der Waals surface area contributed by atoms with Crippen LogP contribution in [0.2, 0.25) is 0 Å². The van der Waals surface area contributed by atoms with E-state index in [2.05, 4.69) is 5.10 Å². The molecule has 0 fully saturated rings. The van der Waals surface area contributed by atoms with Crippen molar-refractivity contribution in [2.45, 2.75) is 39.7 Å². The summed E-state index contributed by atoms with van der Waals surface area (Å²) < 4.78 is 31.1. The van der Waals surface area contributed by atoms with Crippen molar-refractivity contribution in [2.24, 2.45) is 0 Å². The Morgan fingerprint density at radius 2 is 2.00 bits per heavy atom. The van der Waals surface area contributed by atoms with Crippen molar-refractivity contribution in [3.63, 3.8) is 0 Å². The minimum atomic E-state index is -3.95. The molecular weight excluding hydrogens is 244 g/mol. The molecule has 0 unspecified atom stereocenters. The summed E-state index contributed by atoms with van der Waals surface area (Å²) in [5.41, 5.74) is 1.52. The standard InChI is InChI=1S/C10H18N2O4S/c1-7(2)9-8(3)11-12(10(9)13)5-4-6-17(14,15)16/h7,13H,4-6H2,1-3H3,(H,14,15,16). The first-order chi connectivity index (χ1) is 7.72. The van der Waals surface area contributed by atoms with Gasteiger partial charge in [-0.1, -0.05) is 13.8 Å². The van der Waals surface area contributed by atoms with Crippen molar-refractivity contribution in [3.05, 3.63) is 11.3 Å². The van der Waals surface area contributed by atoms with Gasteiger partial charge in [0, 0.05) is 12.1 Å². The van der Waals surface area contributed by atoms with Gasteiger partial charge in [-0.15, -0.1) is 0 Å². The number of hydrogen-bond acceptors (Lipinski definition) is 4. The Bertz CT molecular complexity index is 491. The van der Waals surface area contributed by atoms with Crippen LogP contribution in [0.5, 0.6) is 5.88 Å². The molecule has 0 aliphatic heterocycles. The van der Waals surface area contributed by atoms with E-state index in [9.17, 15) is 13.5 Å². The number of rotatable bonds is 5. The maximum Gasteiger partial charge on any atom is 0.264 e. The summed E-state index contributed by atoms with van der Waals surface area (Å²) in [5.74, 6) is -0.0966. The molecule has 7 heteroatoms. The topological polar surface area (TPSA) is 92.4 Å². The highest BCUT2D eigenvalue weighted by Crippen LogP contribution is 2.28. The number of hydrogen-bond donors (Lipinski definition) is 2. The molecule has 1 heterocycles. The SMILES string of the molecule is Cc1nn(CCCS(=O)(=O)O)c(O)c1C(C)C. The van der Waals surface area contributed by atoms with Gasteiger partial charge in [-0.05, 0) is 19.3 Å². The van der Waals surface area contributed by atoms with Gasteiger partial charge in [-0.3, -0.25) is 4.55 Å². The quantitative estimate of drug-likeness (QED) is 0.780. The van der Waals surface area contributed by atoms with E-state index in [1.807, 2.05) is 13.8 Å². The third kappa shape index (κ3) is 3.71. The summed E-state index contributed by atoms with van der Waals surface area (Å²) >= 11 is 0. The van der Waals surface area contributed by atoms with Crippen LogP contribution >= 0.6 is 0 Å². The van der Waals surface area contributed by atoms with Gasteiger partial charge in [-0.2, -0.15) is 13.5 Å². The van der Waals surface area contributed by atoms with Crippen LogP contribution in [0.15, 0.2) is 0 Å². The zero-order valence-corrected chi connectivity index (χ0v) is 11.0. The fraction of sp³-hybridized carbons (Fsp3) is 0.700. The third-order valence-corrected chi connectivity index (χ3v) is 3.30. The zero-order valence-electron chi connectivity index (χ0n) is 10.2. The van der Waals surface area contributed by atoms with Crippen molar-refractivity contribution < 1.29 is 18.1 Å². The summed E-state index contributed by atoms with van der Waals surface area (Å²) in [6.45, 7) is 5.96. The first kappa shape index (κ1) is 14.0. The summed E-state index contributed by atoms with van der Waals surface area (Å²) in [6.07, 6.45) is 0.213. The molecule has 1 aromatic rings. The van der Waals surface area contributed by atoms with Crippen molar-refractivity contribution in [2.75, 3.05) is 5.75 Å². The van der Waals surface area contributed by atoms with Crippen molar-refractivity contribution in [1.82, 2.24) is 9.78 Å². The van der Waals surface area contributed by atoms with Gasteiger partial charge in [-0.25, -0.2) is 4.68 Å². The van der Waals surface area contributed by atoms with E-state index >= 15 is 0 Å². The van der Waals surface area contributed by atoms with Crippen LogP contribution in [0, 0.1) is 6.92 Å². The van der Waals surface area contributed by atoms with Crippen LogP contribution in [0.4, 0.5) is 0 Å². The first-order valence-electron chi connectivity index (χ1n) is 5.44.